The summed E-state index contributed by atoms with van der Waals surface area (Å²) in [4.78, 5) is 60.4. The molecule has 1 aromatic heterocycles. The summed E-state index contributed by atoms with van der Waals surface area (Å²) >= 11 is 0. The number of aromatic carboxylic acids is 1. The van der Waals surface area contributed by atoms with Crippen molar-refractivity contribution in [1.29, 1.82) is 0 Å². The molecular formula is C58H92N4O19. The van der Waals surface area contributed by atoms with E-state index in [2.05, 4.69) is 10.5 Å². The lowest BCUT2D eigenvalue weighted by atomic mass is 9.73. The van der Waals surface area contributed by atoms with E-state index in [4.69, 9.17) is 47.5 Å². The van der Waals surface area contributed by atoms with Crippen LogP contribution in [0.25, 0.3) is 10.9 Å². The third-order valence-electron chi connectivity index (χ3n) is 17.1. The smallest absolute Gasteiger partial charge is 0.407 e. The van der Waals surface area contributed by atoms with Crippen LogP contribution in [0, 0.1) is 23.7 Å². The predicted octanol–water partition coefficient (Wildman–Crippen LogP) is 4.84. The van der Waals surface area contributed by atoms with Crippen LogP contribution in [0.4, 0.5) is 4.79 Å². The number of likely N-dealkylation sites (N-methyl/N-ethyl adjacent to an activating group) is 1. The minimum Gasteiger partial charge on any atom is -0.477 e. The van der Waals surface area contributed by atoms with Gasteiger partial charge in [0.2, 0.25) is 5.43 Å². The molecule has 1 amide bonds. The standard InChI is InChI=1S/C58H92N4O19/c1-17-41-58(12,71)48(65)32(4)43(60-73-16)30(2)26-56(10,70)49(80-53-46(64)40(61(13)14)23-31(3)76-53)33(5)47(34(6)52(68)78-41)79-42-27-57(11,72-15)50(35(7)77-42)81-54(69)59-20-22-74-21-18-19-36-24-37-29-75-55(8,9)62-28-39(51(66)67)45(63)38(25-36)44(37)62/h24-25,28,30-35,40-42,46-50,53,64-65,70-71H,17-23,26-27,29H2,1-16H3,(H,59,69)(H,66,67)/b60-43+/t30-,31-,32+,33+,34-,35+,40+,41-,42+,46-,47+,48-,49-,50+,53?,56-,57-,58-/m1/s1. The van der Waals surface area contributed by atoms with Crippen molar-refractivity contribution in [2.75, 3.05) is 48.1 Å². The summed E-state index contributed by atoms with van der Waals surface area (Å²) in [5, 5.41) is 65.6. The number of benzene rings is 1. The molecule has 18 atom stereocenters. The van der Waals surface area contributed by atoms with Gasteiger partial charge in [-0.05, 0) is 113 Å². The molecule has 1 unspecified atom stereocenters. The largest absolute Gasteiger partial charge is 0.477 e. The molecule has 6 rings (SSSR count). The van der Waals surface area contributed by atoms with E-state index < -0.39 is 125 Å². The molecule has 23 nitrogen and oxygen atoms in total. The van der Waals surface area contributed by atoms with E-state index >= 15 is 0 Å². The number of esters is 1. The number of cyclic esters (lactones) is 1. The third kappa shape index (κ3) is 14.6. The highest BCUT2D eigenvalue weighted by Gasteiger charge is 2.54. The van der Waals surface area contributed by atoms with Gasteiger partial charge in [-0.2, -0.15) is 0 Å². The van der Waals surface area contributed by atoms with Crippen LogP contribution < -0.4 is 10.7 Å². The minimum absolute atomic E-state index is 0.0148. The molecule has 1 aromatic carbocycles. The van der Waals surface area contributed by atoms with E-state index in [0.717, 1.165) is 11.1 Å². The number of carbonyl (C=O) groups is 3. The fourth-order valence-electron chi connectivity index (χ4n) is 12.5. The number of aromatic nitrogens is 1. The van der Waals surface area contributed by atoms with Gasteiger partial charge in [0.05, 0.1) is 66.5 Å². The van der Waals surface area contributed by atoms with E-state index in [1.807, 2.05) is 52.8 Å². The quantitative estimate of drug-likeness (QED) is 0.0702. The molecule has 3 saturated heterocycles. The molecule has 4 aliphatic rings. The van der Waals surface area contributed by atoms with Crippen LogP contribution in [-0.4, -0.2) is 191 Å². The summed E-state index contributed by atoms with van der Waals surface area (Å²) in [7, 11) is 6.53. The molecule has 5 heterocycles. The van der Waals surface area contributed by atoms with Crippen LogP contribution in [0.3, 0.4) is 0 Å². The fourth-order valence-corrected chi connectivity index (χ4v) is 12.5. The average molecular weight is 1150 g/mol. The SMILES string of the molecule is CC[C@H]1OC(=O)[C@H](C)[C@@H](O[C@H]2C[C@@](C)(OC)[C@@H](OC(=O)NCCOCCCc3cc4c5c(c3)c(=O)c(C(=O)O)cn5C(C)(C)OC4)[C@H](C)O2)[C@H](C)[C@@H](OC2O[C@H](C)C[C@H](N(C)C)[C@H]2O)[C@](C)(O)C[C@@H](C)/C(=N\OC)[C@H](C)[C@@H](O)[C@]1(C)O. The Bertz CT molecular complexity index is 2590. The number of carboxylic acids is 1. The lowest BCUT2D eigenvalue weighted by Gasteiger charge is -2.49. The number of carbonyl (C=O) groups excluding carboxylic acids is 2. The lowest BCUT2D eigenvalue weighted by Crippen LogP contribution is -2.61. The molecule has 0 radical (unpaired) electrons. The van der Waals surface area contributed by atoms with Crippen molar-refractivity contribution in [2.45, 2.75) is 218 Å². The highest BCUT2D eigenvalue weighted by molar-refractivity contribution is 5.94. The number of carboxylic acid groups (broad SMARTS) is 1. The molecule has 0 aliphatic carbocycles. The maximum Gasteiger partial charge on any atom is 0.407 e. The van der Waals surface area contributed by atoms with E-state index in [1.165, 1.54) is 27.3 Å². The van der Waals surface area contributed by atoms with Gasteiger partial charge in [0.25, 0.3) is 0 Å². The molecule has 3 fully saturated rings. The molecule has 4 aliphatic heterocycles. The van der Waals surface area contributed by atoms with Crippen molar-refractivity contribution < 1.29 is 87.4 Å². The highest BCUT2D eigenvalue weighted by atomic mass is 16.7. The predicted molar refractivity (Wildman–Crippen MR) is 296 cm³/mol. The van der Waals surface area contributed by atoms with Crippen molar-refractivity contribution >= 4 is 34.6 Å². The maximum absolute atomic E-state index is 14.6. The van der Waals surface area contributed by atoms with Crippen LogP contribution in [0.2, 0.25) is 0 Å². The normalized spacial score (nSPS) is 37.4. The number of aliphatic hydroxyl groups excluding tert-OH is 2. The summed E-state index contributed by atoms with van der Waals surface area (Å²) in [5.41, 5.74) is -4.15. The van der Waals surface area contributed by atoms with Crippen molar-refractivity contribution in [3.8, 4) is 0 Å². The number of aliphatic hydroxyl groups is 4. The Morgan fingerprint density at radius 3 is 2.25 bits per heavy atom. The lowest BCUT2D eigenvalue weighted by molar-refractivity contribution is -0.317. The Morgan fingerprint density at radius 1 is 0.926 bits per heavy atom. The monoisotopic (exact) mass is 1150 g/mol. The number of hydrogen-bond donors (Lipinski definition) is 6. The topological polar surface area (TPSA) is 294 Å². The Labute approximate surface area is 475 Å². The number of nitrogens with zero attached hydrogens (tertiary/aromatic N) is 3. The Kier molecular flexibility index (Phi) is 21.7. The summed E-state index contributed by atoms with van der Waals surface area (Å²) in [5.74, 6) is -5.61. The van der Waals surface area contributed by atoms with Crippen LogP contribution in [-0.2, 0) is 71.0 Å². The number of oxime groups is 1. The first kappa shape index (κ1) is 65.8. The van der Waals surface area contributed by atoms with Gasteiger partial charge in [0.1, 0.15) is 41.8 Å². The first-order valence-electron chi connectivity index (χ1n) is 28.4. The number of amides is 1. The Morgan fingerprint density at radius 2 is 1.62 bits per heavy atom. The zero-order valence-corrected chi connectivity index (χ0v) is 50.3. The maximum atomic E-state index is 14.6. The zero-order chi connectivity index (χ0) is 60.3. The molecule has 2 aromatic rings. The van der Waals surface area contributed by atoms with E-state index in [1.54, 1.807) is 59.1 Å². The number of methoxy groups -OCH3 is 1. The van der Waals surface area contributed by atoms with E-state index in [9.17, 15) is 44.7 Å². The van der Waals surface area contributed by atoms with Crippen LogP contribution in [0.5, 0.6) is 0 Å². The summed E-state index contributed by atoms with van der Waals surface area (Å²) in [6.45, 7) is 21.3. The second-order valence-corrected chi connectivity index (χ2v) is 24.2. The molecule has 0 spiro atoms. The number of ether oxygens (including phenoxy) is 9. The van der Waals surface area contributed by atoms with E-state index in [-0.39, 0.29) is 56.7 Å². The molecule has 0 bridgehead atoms. The highest BCUT2D eigenvalue weighted by Crippen LogP contribution is 2.42. The van der Waals surface area contributed by atoms with Crippen molar-refractivity contribution in [3.63, 3.8) is 0 Å². The third-order valence-corrected chi connectivity index (χ3v) is 17.1. The minimum atomic E-state index is -1.99. The van der Waals surface area contributed by atoms with Crippen LogP contribution in [0.1, 0.15) is 137 Å². The second kappa shape index (κ2) is 26.7. The number of alkyl carbamates (subject to hydrolysis) is 1. The molecule has 458 valence electrons. The molecular weight excluding hydrogens is 1060 g/mol. The molecule has 6 N–H and O–H groups in total. The molecule has 0 saturated carbocycles. The van der Waals surface area contributed by atoms with Crippen molar-refractivity contribution in [3.05, 3.63) is 45.2 Å². The second-order valence-electron chi connectivity index (χ2n) is 24.2. The Hall–Kier alpha value is -4.37. The van der Waals surface area contributed by atoms with Gasteiger partial charge in [-0.25, -0.2) is 9.59 Å². The zero-order valence-electron chi connectivity index (χ0n) is 50.3. The first-order chi connectivity index (χ1) is 37.8. The number of hydrogen-bond acceptors (Lipinski definition) is 20. The fraction of sp³-hybridized carbons (Fsp3) is 0.776. The summed E-state index contributed by atoms with van der Waals surface area (Å²) in [6, 6.07) is 3.33. The van der Waals surface area contributed by atoms with E-state index in [0.29, 0.717) is 42.5 Å². The van der Waals surface area contributed by atoms with Crippen LogP contribution >= 0.6 is 0 Å². The number of aryl methyl sites for hydroxylation is 1. The Balaban J connectivity index is 1.17. The summed E-state index contributed by atoms with van der Waals surface area (Å²) in [6.07, 6.45) is -8.54. The van der Waals surface area contributed by atoms with Gasteiger partial charge in [-0.1, -0.05) is 38.9 Å². The van der Waals surface area contributed by atoms with Crippen LogP contribution in [0.15, 0.2) is 28.3 Å². The summed E-state index contributed by atoms with van der Waals surface area (Å²) < 4.78 is 58.2. The number of nitrogens with one attached hydrogen (secondary N) is 1. The van der Waals surface area contributed by atoms with Gasteiger partial charge in [-0.15, -0.1) is 0 Å². The first-order valence-corrected chi connectivity index (χ1v) is 28.4. The van der Waals surface area contributed by atoms with Crippen molar-refractivity contribution in [2.24, 2.45) is 28.8 Å². The van der Waals surface area contributed by atoms with Crippen molar-refractivity contribution in [1.82, 2.24) is 14.8 Å². The van der Waals surface area contributed by atoms with Gasteiger partial charge in [0.15, 0.2) is 18.7 Å². The average Bonchev–Trinajstić information content (AvgIpc) is 3.60. The van der Waals surface area contributed by atoms with Gasteiger partial charge in [-0.3, -0.25) is 9.59 Å². The molecule has 23 heteroatoms. The molecule has 81 heavy (non-hydrogen) atoms. The van der Waals surface area contributed by atoms with Gasteiger partial charge >= 0.3 is 18.0 Å². The van der Waals surface area contributed by atoms with Gasteiger partial charge in [0, 0.05) is 67.6 Å². The van der Waals surface area contributed by atoms with Gasteiger partial charge < -0.3 is 87.8 Å². The number of rotatable bonds is 17. The number of pyridine rings is 1.